The Morgan fingerprint density at radius 3 is 1.38 bits per heavy atom. The molecule has 0 aromatic heterocycles. The van der Waals surface area contributed by atoms with E-state index >= 15 is 0 Å². The first-order valence-electron chi connectivity index (χ1n) is 11.0. The second-order valence-corrected chi connectivity index (χ2v) is 8.11. The molecule has 0 spiro atoms. The maximum Gasteiger partial charge on any atom is 0.118 e. The summed E-state index contributed by atoms with van der Waals surface area (Å²) in [6, 6.07) is 34.2. The average molecular weight is 423 g/mol. The highest BCUT2D eigenvalue weighted by atomic mass is 16.5. The van der Waals surface area contributed by atoms with Crippen LogP contribution in [0.4, 0.5) is 11.4 Å². The van der Waals surface area contributed by atoms with E-state index in [2.05, 4.69) is 102 Å². The van der Waals surface area contributed by atoms with Gasteiger partial charge in [-0.15, -0.1) is 0 Å². The molecule has 4 rings (SSSR count). The number of anilines is 2. The van der Waals surface area contributed by atoms with Crippen LogP contribution in [0.15, 0.2) is 97.1 Å². The Hall–Kier alpha value is -3.72. The van der Waals surface area contributed by atoms with Crippen molar-refractivity contribution in [3.8, 4) is 5.75 Å². The minimum Gasteiger partial charge on any atom is -0.497 e. The van der Waals surface area contributed by atoms with Crippen LogP contribution < -0.4 is 15.4 Å². The molecule has 3 nitrogen and oxygen atoms in total. The number of nitrogens with one attached hydrogen (secondary N) is 2. The molecule has 0 fully saturated rings. The molecule has 0 aliphatic rings. The smallest absolute Gasteiger partial charge is 0.118 e. The van der Waals surface area contributed by atoms with E-state index < -0.39 is 0 Å². The third-order valence-electron chi connectivity index (χ3n) is 5.59. The number of benzene rings is 4. The number of hydrogen-bond acceptors (Lipinski definition) is 3. The molecule has 4 aromatic rings. The van der Waals surface area contributed by atoms with Crippen molar-refractivity contribution in [2.45, 2.75) is 26.4 Å². The molecule has 0 heterocycles. The first-order valence-corrected chi connectivity index (χ1v) is 11.0. The lowest BCUT2D eigenvalue weighted by Gasteiger charge is -2.10. The monoisotopic (exact) mass is 422 g/mol. The summed E-state index contributed by atoms with van der Waals surface area (Å²) in [5.74, 6) is 0.883. The lowest BCUT2D eigenvalue weighted by atomic mass is 10.0. The van der Waals surface area contributed by atoms with E-state index in [-0.39, 0.29) is 0 Å². The summed E-state index contributed by atoms with van der Waals surface area (Å²) in [4.78, 5) is 0. The Morgan fingerprint density at radius 1 is 0.531 bits per heavy atom. The van der Waals surface area contributed by atoms with Gasteiger partial charge in [0.15, 0.2) is 0 Å². The molecule has 0 saturated carbocycles. The Balaban J connectivity index is 1.26. The van der Waals surface area contributed by atoms with Crippen molar-refractivity contribution in [2.75, 3.05) is 17.7 Å². The van der Waals surface area contributed by atoms with Gasteiger partial charge in [-0.2, -0.15) is 0 Å². The Labute approximate surface area is 191 Å². The van der Waals surface area contributed by atoms with Gasteiger partial charge >= 0.3 is 0 Å². The molecule has 0 atom stereocenters. The second kappa shape index (κ2) is 10.5. The molecule has 0 bridgehead atoms. The van der Waals surface area contributed by atoms with Crippen LogP contribution in [-0.2, 0) is 19.5 Å². The van der Waals surface area contributed by atoms with Gasteiger partial charge in [-0.1, -0.05) is 66.2 Å². The molecular weight excluding hydrogens is 392 g/mol. The van der Waals surface area contributed by atoms with Crippen molar-refractivity contribution < 1.29 is 4.74 Å². The van der Waals surface area contributed by atoms with Crippen LogP contribution in [0.2, 0.25) is 0 Å². The molecule has 0 aliphatic carbocycles. The molecule has 0 saturated heterocycles. The first kappa shape index (κ1) is 21.5. The summed E-state index contributed by atoms with van der Waals surface area (Å²) in [5.41, 5.74) is 8.70. The fourth-order valence-electron chi connectivity index (χ4n) is 3.57. The molecule has 0 amide bonds. The lowest BCUT2D eigenvalue weighted by molar-refractivity contribution is 0.414. The van der Waals surface area contributed by atoms with Crippen LogP contribution in [0.1, 0.15) is 27.8 Å². The van der Waals surface area contributed by atoms with E-state index in [1.54, 1.807) is 7.11 Å². The Bertz CT molecular complexity index is 1100. The van der Waals surface area contributed by atoms with Gasteiger partial charge < -0.3 is 15.4 Å². The predicted molar refractivity (Wildman–Crippen MR) is 135 cm³/mol. The van der Waals surface area contributed by atoms with E-state index in [1.165, 1.54) is 27.8 Å². The average Bonchev–Trinajstić information content (AvgIpc) is 2.84. The standard InChI is InChI=1S/C29H30N2O/c1-22-3-5-25(6-4-22)20-30-27-13-7-23(8-14-27)19-24-9-15-28(16-10-24)31-21-26-11-17-29(32-2)18-12-26/h3-18,30-31H,19-21H2,1-2H3. The Morgan fingerprint density at radius 2 is 0.938 bits per heavy atom. The fourth-order valence-corrected chi connectivity index (χ4v) is 3.57. The van der Waals surface area contributed by atoms with Crippen molar-refractivity contribution in [2.24, 2.45) is 0 Å². The molecule has 32 heavy (non-hydrogen) atoms. The third-order valence-corrected chi connectivity index (χ3v) is 5.59. The maximum absolute atomic E-state index is 5.21. The zero-order valence-electron chi connectivity index (χ0n) is 18.8. The maximum atomic E-state index is 5.21. The zero-order valence-corrected chi connectivity index (χ0v) is 18.8. The number of ether oxygens (including phenoxy) is 1. The topological polar surface area (TPSA) is 33.3 Å². The SMILES string of the molecule is COc1ccc(CNc2ccc(Cc3ccc(NCc4ccc(C)cc4)cc3)cc2)cc1. The van der Waals surface area contributed by atoms with E-state index in [0.717, 1.165) is 36.6 Å². The van der Waals surface area contributed by atoms with Crippen LogP contribution in [0.5, 0.6) is 5.75 Å². The van der Waals surface area contributed by atoms with Crippen LogP contribution in [0.3, 0.4) is 0 Å². The number of aryl methyl sites for hydroxylation is 1. The highest BCUT2D eigenvalue weighted by Gasteiger charge is 2.00. The van der Waals surface area contributed by atoms with Crippen LogP contribution in [-0.4, -0.2) is 7.11 Å². The van der Waals surface area contributed by atoms with Crippen molar-refractivity contribution in [1.29, 1.82) is 0 Å². The summed E-state index contributed by atoms with van der Waals surface area (Å²) in [5, 5.41) is 6.98. The molecule has 0 unspecified atom stereocenters. The Kier molecular flexibility index (Phi) is 7.08. The van der Waals surface area contributed by atoms with Gasteiger partial charge in [0.1, 0.15) is 5.75 Å². The van der Waals surface area contributed by atoms with Crippen LogP contribution >= 0.6 is 0 Å². The number of hydrogen-bond donors (Lipinski definition) is 2. The zero-order chi connectivity index (χ0) is 22.2. The van der Waals surface area contributed by atoms with E-state index in [0.29, 0.717) is 0 Å². The van der Waals surface area contributed by atoms with Gasteiger partial charge in [0, 0.05) is 24.5 Å². The summed E-state index contributed by atoms with van der Waals surface area (Å²) in [7, 11) is 1.69. The summed E-state index contributed by atoms with van der Waals surface area (Å²) < 4.78 is 5.21. The van der Waals surface area contributed by atoms with Crippen molar-refractivity contribution in [3.63, 3.8) is 0 Å². The summed E-state index contributed by atoms with van der Waals surface area (Å²) in [6.07, 6.45) is 0.928. The minimum atomic E-state index is 0.792. The van der Waals surface area contributed by atoms with Crippen molar-refractivity contribution in [1.82, 2.24) is 0 Å². The molecule has 0 radical (unpaired) electrons. The molecule has 0 aliphatic heterocycles. The van der Waals surface area contributed by atoms with Gasteiger partial charge in [0.25, 0.3) is 0 Å². The highest BCUT2D eigenvalue weighted by Crippen LogP contribution is 2.18. The lowest BCUT2D eigenvalue weighted by Crippen LogP contribution is -2.00. The van der Waals surface area contributed by atoms with E-state index in [4.69, 9.17) is 4.74 Å². The van der Waals surface area contributed by atoms with Gasteiger partial charge in [-0.3, -0.25) is 0 Å². The largest absolute Gasteiger partial charge is 0.497 e. The number of methoxy groups -OCH3 is 1. The van der Waals surface area contributed by atoms with E-state index in [9.17, 15) is 0 Å². The normalized spacial score (nSPS) is 10.6. The first-order chi connectivity index (χ1) is 15.7. The summed E-state index contributed by atoms with van der Waals surface area (Å²) >= 11 is 0. The predicted octanol–water partition coefficient (Wildman–Crippen LogP) is 6.82. The van der Waals surface area contributed by atoms with Crippen molar-refractivity contribution in [3.05, 3.63) is 125 Å². The molecule has 2 N–H and O–H groups in total. The minimum absolute atomic E-state index is 0.792. The van der Waals surface area contributed by atoms with Crippen molar-refractivity contribution >= 4 is 11.4 Å². The summed E-state index contributed by atoms with van der Waals surface area (Å²) in [6.45, 7) is 3.74. The highest BCUT2D eigenvalue weighted by molar-refractivity contribution is 5.48. The third kappa shape index (κ3) is 6.14. The van der Waals surface area contributed by atoms with E-state index in [1.807, 2.05) is 12.1 Å². The van der Waals surface area contributed by atoms with Gasteiger partial charge in [-0.05, 0) is 72.0 Å². The fraction of sp³-hybridized carbons (Fsp3) is 0.172. The number of rotatable bonds is 9. The van der Waals surface area contributed by atoms with Gasteiger partial charge in [-0.25, -0.2) is 0 Å². The van der Waals surface area contributed by atoms with Crippen LogP contribution in [0, 0.1) is 6.92 Å². The molecule has 4 aromatic carbocycles. The molecule has 3 heteroatoms. The quantitative estimate of drug-likeness (QED) is 0.310. The molecule has 162 valence electrons. The van der Waals surface area contributed by atoms with Gasteiger partial charge in [0.05, 0.1) is 7.11 Å². The molecular formula is C29H30N2O. The second-order valence-electron chi connectivity index (χ2n) is 8.11. The van der Waals surface area contributed by atoms with Gasteiger partial charge in [0.2, 0.25) is 0 Å². The van der Waals surface area contributed by atoms with Crippen LogP contribution in [0.25, 0.3) is 0 Å².